The first kappa shape index (κ1) is 14.0. The van der Waals surface area contributed by atoms with Crippen LogP contribution in [-0.4, -0.2) is 11.0 Å². The minimum absolute atomic E-state index is 0.261. The van der Waals surface area contributed by atoms with Crippen molar-refractivity contribution in [3.63, 3.8) is 0 Å². The number of hydrogen-bond acceptors (Lipinski definition) is 3. The number of para-hydroxylation sites is 1. The predicted molar refractivity (Wildman–Crippen MR) is 87.7 cm³/mol. The fraction of sp³-hybridized carbons (Fsp3) is 0.211. The molecule has 0 N–H and O–H groups in total. The molecule has 1 atom stereocenters. The van der Waals surface area contributed by atoms with Crippen LogP contribution in [0.2, 0.25) is 0 Å². The molecule has 4 rings (SSSR count). The zero-order chi connectivity index (χ0) is 15.8. The molecule has 3 nitrogen and oxygen atoms in total. The first-order valence-corrected chi connectivity index (χ1v) is 7.75. The van der Waals surface area contributed by atoms with Gasteiger partial charge in [-0.25, -0.2) is 9.37 Å². The summed E-state index contributed by atoms with van der Waals surface area (Å²) in [4.78, 5) is 6.90. The number of hydrogen-bond donors (Lipinski definition) is 0. The van der Waals surface area contributed by atoms with Crippen molar-refractivity contribution in [1.29, 1.82) is 0 Å². The molecule has 0 radical (unpaired) electrons. The van der Waals surface area contributed by atoms with Crippen LogP contribution in [0.15, 0.2) is 59.2 Å². The average molecular weight is 308 g/mol. The summed E-state index contributed by atoms with van der Waals surface area (Å²) in [5, 5.41) is 0. The van der Waals surface area contributed by atoms with E-state index in [0.29, 0.717) is 18.5 Å². The van der Waals surface area contributed by atoms with Gasteiger partial charge in [0.2, 0.25) is 5.89 Å². The number of halogens is 1. The number of nitrogens with zero attached hydrogens (tertiary/aromatic N) is 2. The molecule has 0 aliphatic carbocycles. The smallest absolute Gasteiger partial charge is 0.226 e. The van der Waals surface area contributed by atoms with Gasteiger partial charge < -0.3 is 9.32 Å². The summed E-state index contributed by atoms with van der Waals surface area (Å²) >= 11 is 0. The lowest BCUT2D eigenvalue weighted by Gasteiger charge is -2.23. The molecule has 0 fully saturated rings. The van der Waals surface area contributed by atoms with Crippen LogP contribution < -0.4 is 4.90 Å². The van der Waals surface area contributed by atoms with Crippen molar-refractivity contribution < 1.29 is 8.81 Å². The summed E-state index contributed by atoms with van der Waals surface area (Å²) in [6.07, 6.45) is 2.74. The Balaban J connectivity index is 1.57. The van der Waals surface area contributed by atoms with Crippen molar-refractivity contribution in [3.8, 4) is 11.5 Å². The summed E-state index contributed by atoms with van der Waals surface area (Å²) in [6, 6.07) is 15.1. The zero-order valence-electron chi connectivity index (χ0n) is 12.9. The van der Waals surface area contributed by atoms with Gasteiger partial charge in [-0.05, 0) is 49.2 Å². The molecule has 0 spiro atoms. The molecular weight excluding hydrogens is 291 g/mol. The van der Waals surface area contributed by atoms with Gasteiger partial charge in [0.1, 0.15) is 12.1 Å². The number of oxazole rings is 1. The highest BCUT2D eigenvalue weighted by atomic mass is 19.1. The van der Waals surface area contributed by atoms with E-state index in [1.54, 1.807) is 18.4 Å². The van der Waals surface area contributed by atoms with Crippen LogP contribution in [0, 0.1) is 5.82 Å². The zero-order valence-corrected chi connectivity index (χ0v) is 12.9. The quantitative estimate of drug-likeness (QED) is 0.716. The van der Waals surface area contributed by atoms with Crippen LogP contribution in [0.25, 0.3) is 11.5 Å². The van der Waals surface area contributed by atoms with E-state index in [1.807, 2.05) is 0 Å². The number of aromatic nitrogens is 1. The van der Waals surface area contributed by atoms with Crippen LogP contribution in [0.4, 0.5) is 10.1 Å². The third-order valence-electron chi connectivity index (χ3n) is 4.32. The molecule has 116 valence electrons. The fourth-order valence-corrected chi connectivity index (χ4v) is 3.15. The Morgan fingerprint density at radius 1 is 1.17 bits per heavy atom. The van der Waals surface area contributed by atoms with Crippen LogP contribution in [0.5, 0.6) is 0 Å². The van der Waals surface area contributed by atoms with E-state index in [-0.39, 0.29) is 5.82 Å². The largest absolute Gasteiger partial charge is 0.444 e. The van der Waals surface area contributed by atoms with Gasteiger partial charge in [0.05, 0.1) is 12.2 Å². The van der Waals surface area contributed by atoms with Gasteiger partial charge in [0.15, 0.2) is 0 Å². The molecule has 0 amide bonds. The lowest BCUT2D eigenvalue weighted by Crippen LogP contribution is -2.28. The molecule has 3 aromatic rings. The van der Waals surface area contributed by atoms with Crippen molar-refractivity contribution >= 4 is 5.69 Å². The van der Waals surface area contributed by atoms with E-state index < -0.39 is 0 Å². The molecule has 2 aromatic carbocycles. The van der Waals surface area contributed by atoms with Gasteiger partial charge in [-0.3, -0.25) is 0 Å². The molecule has 23 heavy (non-hydrogen) atoms. The third-order valence-corrected chi connectivity index (χ3v) is 4.32. The SMILES string of the molecule is C[C@@H]1Cc2ccccc2N1Cc1coc(-c2ccc(F)cc2)n1. The fourth-order valence-electron chi connectivity index (χ4n) is 3.15. The first-order valence-electron chi connectivity index (χ1n) is 7.75. The van der Waals surface area contributed by atoms with Gasteiger partial charge >= 0.3 is 0 Å². The van der Waals surface area contributed by atoms with Gasteiger partial charge in [0, 0.05) is 17.3 Å². The maximum absolute atomic E-state index is 13.0. The second kappa shape index (κ2) is 5.54. The maximum atomic E-state index is 13.0. The number of rotatable bonds is 3. The van der Waals surface area contributed by atoms with E-state index in [0.717, 1.165) is 17.7 Å². The molecule has 0 unspecified atom stereocenters. The highest BCUT2D eigenvalue weighted by Crippen LogP contribution is 2.33. The summed E-state index contributed by atoms with van der Waals surface area (Å²) in [5.41, 5.74) is 4.31. The topological polar surface area (TPSA) is 29.3 Å². The van der Waals surface area contributed by atoms with E-state index in [9.17, 15) is 4.39 Å². The average Bonchev–Trinajstić information content (AvgIpc) is 3.14. The second-order valence-electron chi connectivity index (χ2n) is 5.96. The second-order valence-corrected chi connectivity index (χ2v) is 5.96. The molecule has 2 heterocycles. The van der Waals surface area contributed by atoms with Crippen molar-refractivity contribution in [2.75, 3.05) is 4.90 Å². The van der Waals surface area contributed by atoms with E-state index in [4.69, 9.17) is 4.42 Å². The molecule has 0 bridgehead atoms. The molecular formula is C19H17FN2O. The Morgan fingerprint density at radius 2 is 1.96 bits per heavy atom. The molecule has 4 heteroatoms. The van der Waals surface area contributed by atoms with Gasteiger partial charge in [0.25, 0.3) is 0 Å². The summed E-state index contributed by atoms with van der Waals surface area (Å²) < 4.78 is 18.6. The Bertz CT molecular complexity index is 825. The predicted octanol–water partition coefficient (Wildman–Crippen LogP) is 4.43. The van der Waals surface area contributed by atoms with Crippen molar-refractivity contribution in [1.82, 2.24) is 4.98 Å². The first-order chi connectivity index (χ1) is 11.2. The highest BCUT2D eigenvalue weighted by molar-refractivity contribution is 5.59. The molecule has 0 saturated heterocycles. The van der Waals surface area contributed by atoms with Crippen LogP contribution in [0.3, 0.4) is 0 Å². The molecule has 1 aromatic heterocycles. The Hall–Kier alpha value is -2.62. The minimum Gasteiger partial charge on any atom is -0.444 e. The molecule has 1 aliphatic heterocycles. The van der Waals surface area contributed by atoms with Gasteiger partial charge in [-0.1, -0.05) is 18.2 Å². The lowest BCUT2D eigenvalue weighted by molar-refractivity contribution is 0.570. The summed E-state index contributed by atoms with van der Waals surface area (Å²) in [5.74, 6) is 0.267. The van der Waals surface area contributed by atoms with Crippen LogP contribution >= 0.6 is 0 Å². The van der Waals surface area contributed by atoms with Crippen LogP contribution in [-0.2, 0) is 13.0 Å². The van der Waals surface area contributed by atoms with E-state index in [2.05, 4.69) is 41.1 Å². The Kier molecular flexibility index (Phi) is 3.37. The van der Waals surface area contributed by atoms with Crippen molar-refractivity contribution in [3.05, 3.63) is 71.9 Å². The number of anilines is 1. The van der Waals surface area contributed by atoms with Gasteiger partial charge in [-0.2, -0.15) is 0 Å². The van der Waals surface area contributed by atoms with Crippen molar-refractivity contribution in [2.24, 2.45) is 0 Å². The van der Waals surface area contributed by atoms with E-state index in [1.165, 1.54) is 23.4 Å². The van der Waals surface area contributed by atoms with Gasteiger partial charge in [-0.15, -0.1) is 0 Å². The Labute approximate surface area is 134 Å². The summed E-state index contributed by atoms with van der Waals surface area (Å²) in [7, 11) is 0. The van der Waals surface area contributed by atoms with Crippen molar-refractivity contribution in [2.45, 2.75) is 25.9 Å². The normalized spacial score (nSPS) is 16.6. The number of benzene rings is 2. The van der Waals surface area contributed by atoms with E-state index >= 15 is 0 Å². The monoisotopic (exact) mass is 308 g/mol. The maximum Gasteiger partial charge on any atom is 0.226 e. The highest BCUT2D eigenvalue weighted by Gasteiger charge is 2.26. The summed E-state index contributed by atoms with van der Waals surface area (Å²) in [6.45, 7) is 2.93. The standard InChI is InChI=1S/C19H17FN2O/c1-13-10-15-4-2-3-5-18(15)22(13)11-17-12-23-19(21-17)14-6-8-16(20)9-7-14/h2-9,12-13H,10-11H2,1H3/t13-/m1/s1. The third kappa shape index (κ3) is 2.61. The Morgan fingerprint density at radius 3 is 2.78 bits per heavy atom. The molecule has 1 aliphatic rings. The lowest BCUT2D eigenvalue weighted by atomic mass is 10.1. The number of fused-ring (bicyclic) bond motifs is 1. The minimum atomic E-state index is -0.261. The molecule has 0 saturated carbocycles. The van der Waals surface area contributed by atoms with Crippen LogP contribution in [0.1, 0.15) is 18.2 Å².